The highest BCUT2D eigenvalue weighted by atomic mass is 35.5. The van der Waals surface area contributed by atoms with Gasteiger partial charge in [0, 0.05) is 0 Å². The summed E-state index contributed by atoms with van der Waals surface area (Å²) < 4.78 is 0. The van der Waals surface area contributed by atoms with Crippen LogP contribution in [0.4, 0.5) is 0 Å². The fourth-order valence-corrected chi connectivity index (χ4v) is 2.46. The van der Waals surface area contributed by atoms with E-state index in [9.17, 15) is 10.1 Å². The molecule has 1 unspecified atom stereocenters. The van der Waals surface area contributed by atoms with Gasteiger partial charge in [-0.1, -0.05) is 30.1 Å². The van der Waals surface area contributed by atoms with Crippen LogP contribution in [0.15, 0.2) is 15.8 Å². The van der Waals surface area contributed by atoms with E-state index in [1.807, 2.05) is 6.92 Å². The van der Waals surface area contributed by atoms with Crippen molar-refractivity contribution in [3.8, 4) is 0 Å². The van der Waals surface area contributed by atoms with E-state index >= 15 is 0 Å². The zero-order chi connectivity index (χ0) is 11.4. The molecule has 0 aromatic carbocycles. The number of hydrogen-bond acceptors (Lipinski definition) is 5. The molecule has 0 spiro atoms. The first-order valence-electron chi connectivity index (χ1n) is 4.22. The van der Waals surface area contributed by atoms with Crippen LogP contribution in [0.2, 0.25) is 0 Å². The quantitative estimate of drug-likeness (QED) is 0.483. The van der Waals surface area contributed by atoms with E-state index in [2.05, 4.69) is 10.3 Å². The molecule has 1 rings (SSSR count). The number of nitro groups is 1. The molecule has 1 aliphatic heterocycles. The number of halogens is 2. The number of thioether (sulfide) groups is 1. The fourth-order valence-electron chi connectivity index (χ4n) is 0.928. The van der Waals surface area contributed by atoms with Gasteiger partial charge in [-0.2, -0.15) is 0 Å². The van der Waals surface area contributed by atoms with E-state index in [-0.39, 0.29) is 21.5 Å². The lowest BCUT2D eigenvalue weighted by atomic mass is 10.5. The molecule has 0 fully saturated rings. The van der Waals surface area contributed by atoms with Crippen molar-refractivity contribution in [2.75, 3.05) is 5.75 Å². The number of nitrogens with zero attached hydrogens (tertiary/aromatic N) is 2. The van der Waals surface area contributed by atoms with Gasteiger partial charge >= 0.3 is 5.70 Å². The van der Waals surface area contributed by atoms with Crippen molar-refractivity contribution < 1.29 is 4.92 Å². The number of allylic oxidation sites excluding steroid dienone is 1. The molecular weight excluding hydrogens is 261 g/mol. The van der Waals surface area contributed by atoms with Crippen LogP contribution in [0.5, 0.6) is 0 Å². The van der Waals surface area contributed by atoms with E-state index in [1.54, 1.807) is 0 Å². The smallest absolute Gasteiger partial charge is 0.340 e. The van der Waals surface area contributed by atoms with Crippen LogP contribution in [0.3, 0.4) is 0 Å². The third-order valence-electron chi connectivity index (χ3n) is 1.55. The second-order valence-corrected chi connectivity index (χ2v) is 4.63. The van der Waals surface area contributed by atoms with Crippen LogP contribution < -0.4 is 5.32 Å². The van der Waals surface area contributed by atoms with Gasteiger partial charge in [0.2, 0.25) is 5.17 Å². The van der Waals surface area contributed by atoms with Crippen LogP contribution in [-0.2, 0) is 0 Å². The molecule has 1 heterocycles. The minimum Gasteiger partial charge on any atom is -0.340 e. The van der Waals surface area contributed by atoms with Crippen LogP contribution in [-0.4, -0.2) is 21.3 Å². The van der Waals surface area contributed by atoms with E-state index in [0.717, 1.165) is 12.2 Å². The Morgan fingerprint density at radius 1 is 1.67 bits per heavy atom. The lowest BCUT2D eigenvalue weighted by Gasteiger charge is -2.18. The number of nitrogens with one attached hydrogen (secondary N) is 1. The van der Waals surface area contributed by atoms with Gasteiger partial charge in [-0.05, 0) is 12.2 Å². The third-order valence-corrected chi connectivity index (χ3v) is 3.29. The average Bonchev–Trinajstić information content (AvgIpc) is 2.12. The average molecular weight is 270 g/mol. The highest BCUT2D eigenvalue weighted by molar-refractivity contribution is 7.99. The van der Waals surface area contributed by atoms with E-state index in [0.29, 0.717) is 0 Å². The maximum atomic E-state index is 10.5. The van der Waals surface area contributed by atoms with Crippen molar-refractivity contribution in [1.82, 2.24) is 5.32 Å². The fraction of sp³-hybridized carbons (Fsp3) is 0.571. The monoisotopic (exact) mass is 269 g/mol. The zero-order valence-electron chi connectivity index (χ0n) is 7.87. The second kappa shape index (κ2) is 5.58. The first kappa shape index (κ1) is 12.6. The van der Waals surface area contributed by atoms with Crippen molar-refractivity contribution in [2.24, 2.45) is 4.99 Å². The van der Waals surface area contributed by atoms with Gasteiger partial charge in [-0.3, -0.25) is 10.1 Å². The molecule has 0 aromatic rings. The lowest BCUT2D eigenvalue weighted by Crippen LogP contribution is -2.31. The molecule has 1 atom stereocenters. The molecule has 1 N–H and O–H groups in total. The van der Waals surface area contributed by atoms with Gasteiger partial charge in [0.15, 0.2) is 10.7 Å². The van der Waals surface area contributed by atoms with Crippen LogP contribution in [0.25, 0.3) is 0 Å². The van der Waals surface area contributed by atoms with E-state index in [4.69, 9.17) is 23.2 Å². The van der Waals surface area contributed by atoms with E-state index in [1.165, 1.54) is 11.8 Å². The third kappa shape index (κ3) is 3.25. The van der Waals surface area contributed by atoms with Gasteiger partial charge in [-0.15, -0.1) is 11.8 Å². The highest BCUT2D eigenvalue weighted by Crippen LogP contribution is 2.23. The number of aliphatic imine (C=N–C) groups is 1. The number of hydrogen-bond donors (Lipinski definition) is 1. The molecule has 0 aliphatic carbocycles. The summed E-state index contributed by atoms with van der Waals surface area (Å²) in [4.78, 5) is 13.8. The first-order chi connectivity index (χ1) is 7.06. The molecule has 84 valence electrons. The summed E-state index contributed by atoms with van der Waals surface area (Å²) in [6, 6.07) is 0. The van der Waals surface area contributed by atoms with Gasteiger partial charge < -0.3 is 5.32 Å². The predicted octanol–water partition coefficient (Wildman–Crippen LogP) is 2.34. The first-order valence-corrected chi connectivity index (χ1v) is 6.02. The van der Waals surface area contributed by atoms with Crippen molar-refractivity contribution in [2.45, 2.75) is 18.8 Å². The lowest BCUT2D eigenvalue weighted by molar-refractivity contribution is -0.415. The van der Waals surface area contributed by atoms with Crippen LogP contribution >= 0.6 is 35.0 Å². The molecule has 0 saturated heterocycles. The predicted molar refractivity (Wildman–Crippen MR) is 62.8 cm³/mol. The highest BCUT2D eigenvalue weighted by Gasteiger charge is 2.29. The minimum atomic E-state index is -0.651. The Labute approximate surface area is 101 Å². The molecule has 0 amide bonds. The zero-order valence-corrected chi connectivity index (χ0v) is 10.2. The SMILES string of the molecule is CCCSC1N=C(Cl)C([N+](=O)[O-])=C(Cl)N1. The Hall–Kier alpha value is -0.460. The minimum absolute atomic E-state index is 0.0615. The topological polar surface area (TPSA) is 67.5 Å². The van der Waals surface area contributed by atoms with Gasteiger partial charge in [0.25, 0.3) is 0 Å². The molecule has 0 aromatic heterocycles. The van der Waals surface area contributed by atoms with Crippen molar-refractivity contribution in [3.05, 3.63) is 21.0 Å². The van der Waals surface area contributed by atoms with Crippen LogP contribution in [0.1, 0.15) is 13.3 Å². The number of rotatable bonds is 4. The summed E-state index contributed by atoms with van der Waals surface area (Å²) in [5.74, 6) is 0.878. The molecule has 0 radical (unpaired) electrons. The molecule has 5 nitrogen and oxygen atoms in total. The van der Waals surface area contributed by atoms with Crippen molar-refractivity contribution >= 4 is 40.1 Å². The molecule has 1 aliphatic rings. The summed E-state index contributed by atoms with van der Waals surface area (Å²) in [5, 5.41) is 13.0. The van der Waals surface area contributed by atoms with Gasteiger partial charge in [0.05, 0.1) is 4.92 Å². The molecule has 0 bridgehead atoms. The summed E-state index contributed by atoms with van der Waals surface area (Å²) in [5.41, 5.74) is -0.708. The van der Waals surface area contributed by atoms with Crippen LogP contribution in [0, 0.1) is 10.1 Å². The molecule has 15 heavy (non-hydrogen) atoms. The van der Waals surface area contributed by atoms with Crippen molar-refractivity contribution in [1.29, 1.82) is 0 Å². The maximum absolute atomic E-state index is 10.5. The Balaban J connectivity index is 2.75. The van der Waals surface area contributed by atoms with Gasteiger partial charge in [-0.25, -0.2) is 4.99 Å². The standard InChI is InChI=1S/C7H9Cl2N3O2S/c1-2-3-15-7-10-5(8)4(12(13)14)6(9)11-7/h7,10H,2-3H2,1H3. The molecular formula is C7H9Cl2N3O2S. The summed E-state index contributed by atoms with van der Waals surface area (Å²) in [7, 11) is 0. The largest absolute Gasteiger partial charge is 0.340 e. The summed E-state index contributed by atoms with van der Waals surface area (Å²) in [6.45, 7) is 2.03. The molecule has 0 saturated carbocycles. The normalized spacial score (nSPS) is 21.0. The summed E-state index contributed by atoms with van der Waals surface area (Å²) >= 11 is 12.8. The Bertz CT molecular complexity index is 332. The van der Waals surface area contributed by atoms with Crippen molar-refractivity contribution in [3.63, 3.8) is 0 Å². The Morgan fingerprint density at radius 2 is 2.33 bits per heavy atom. The molecule has 8 heteroatoms. The van der Waals surface area contributed by atoms with Gasteiger partial charge in [0.1, 0.15) is 0 Å². The Kier molecular flexibility index (Phi) is 4.69. The maximum Gasteiger partial charge on any atom is 0.340 e. The second-order valence-electron chi connectivity index (χ2n) is 2.71. The summed E-state index contributed by atoms with van der Waals surface area (Å²) in [6.07, 6.45) is 0.986. The van der Waals surface area contributed by atoms with E-state index < -0.39 is 4.92 Å². The Morgan fingerprint density at radius 3 is 2.80 bits per heavy atom.